The van der Waals surface area contributed by atoms with E-state index < -0.39 is 11.8 Å². The molecule has 98 valence electrons. The second-order valence-corrected chi connectivity index (χ2v) is 3.72. The molecule has 3 N–H and O–H groups in total. The van der Waals surface area contributed by atoms with E-state index in [0.29, 0.717) is 10.8 Å². The number of carbonyl (C=O) groups excluding carboxylic acids is 2. The molecular weight excluding hydrogens is 260 g/mol. The van der Waals surface area contributed by atoms with Gasteiger partial charge >= 0.3 is 0 Å². The second kappa shape index (κ2) is 7.52. The number of halogens is 1. The number of hydroxylamine groups is 1. The molecule has 0 spiro atoms. The van der Waals surface area contributed by atoms with Gasteiger partial charge in [0.1, 0.15) is 5.75 Å². The number of primary amides is 1. The SMILES string of the molecule is NC(=O)CONC(=O)CCOc1ccccc1Cl. The molecular formula is C11H13ClN2O4. The molecule has 1 aromatic rings. The maximum atomic E-state index is 11.2. The lowest BCUT2D eigenvalue weighted by molar-refractivity contribution is -0.138. The first-order valence-corrected chi connectivity index (χ1v) is 5.53. The van der Waals surface area contributed by atoms with Gasteiger partial charge in [-0.1, -0.05) is 23.7 Å². The minimum Gasteiger partial charge on any atom is -0.491 e. The van der Waals surface area contributed by atoms with Crippen LogP contribution in [-0.2, 0) is 14.4 Å². The van der Waals surface area contributed by atoms with Gasteiger partial charge in [-0.05, 0) is 12.1 Å². The number of hydrogen-bond acceptors (Lipinski definition) is 4. The molecule has 0 radical (unpaired) electrons. The van der Waals surface area contributed by atoms with Crippen LogP contribution < -0.4 is 16.0 Å². The fourth-order valence-electron chi connectivity index (χ4n) is 1.05. The van der Waals surface area contributed by atoms with Crippen molar-refractivity contribution in [3.05, 3.63) is 29.3 Å². The standard InChI is InChI=1S/C11H13ClN2O4/c12-8-3-1-2-4-9(8)17-6-5-11(16)14-18-7-10(13)15/h1-4H,5-7H2,(H2,13,15)(H,14,16). The fourth-order valence-corrected chi connectivity index (χ4v) is 1.24. The van der Waals surface area contributed by atoms with Crippen LogP contribution in [0.15, 0.2) is 24.3 Å². The Kier molecular flexibility index (Phi) is 5.96. The molecule has 1 rings (SSSR count). The summed E-state index contributed by atoms with van der Waals surface area (Å²) in [7, 11) is 0. The van der Waals surface area contributed by atoms with E-state index in [1.807, 2.05) is 0 Å². The quantitative estimate of drug-likeness (QED) is 0.713. The van der Waals surface area contributed by atoms with Gasteiger partial charge in [-0.3, -0.25) is 14.4 Å². The van der Waals surface area contributed by atoms with E-state index in [-0.39, 0.29) is 19.6 Å². The van der Waals surface area contributed by atoms with Gasteiger partial charge in [-0.15, -0.1) is 0 Å². The van der Waals surface area contributed by atoms with Gasteiger partial charge in [0.15, 0.2) is 6.61 Å². The number of carbonyl (C=O) groups is 2. The third-order valence-corrected chi connectivity index (χ3v) is 2.14. The summed E-state index contributed by atoms with van der Waals surface area (Å²) in [6.45, 7) is -0.216. The van der Waals surface area contributed by atoms with E-state index in [0.717, 1.165) is 0 Å². The molecule has 0 aliphatic heterocycles. The van der Waals surface area contributed by atoms with Crippen molar-refractivity contribution in [2.75, 3.05) is 13.2 Å². The maximum absolute atomic E-state index is 11.2. The number of ether oxygens (including phenoxy) is 1. The van der Waals surface area contributed by atoms with E-state index in [4.69, 9.17) is 22.1 Å². The highest BCUT2D eigenvalue weighted by Crippen LogP contribution is 2.22. The number of hydrogen-bond donors (Lipinski definition) is 2. The van der Waals surface area contributed by atoms with Gasteiger partial charge in [-0.2, -0.15) is 0 Å². The Bertz CT molecular complexity index is 425. The van der Waals surface area contributed by atoms with Crippen LogP contribution in [0.1, 0.15) is 6.42 Å². The molecule has 0 atom stereocenters. The number of amides is 2. The molecule has 6 nitrogen and oxygen atoms in total. The maximum Gasteiger partial charge on any atom is 0.246 e. The molecule has 0 saturated heterocycles. The Morgan fingerprint density at radius 2 is 2.06 bits per heavy atom. The van der Waals surface area contributed by atoms with Crippen LogP contribution in [0.3, 0.4) is 0 Å². The highest BCUT2D eigenvalue weighted by Gasteiger charge is 2.04. The predicted octanol–water partition coefficient (Wildman–Crippen LogP) is 0.642. The summed E-state index contributed by atoms with van der Waals surface area (Å²) in [5.41, 5.74) is 6.88. The van der Waals surface area contributed by atoms with Crippen LogP contribution in [0, 0.1) is 0 Å². The molecule has 0 aliphatic rings. The van der Waals surface area contributed by atoms with Gasteiger partial charge < -0.3 is 10.5 Å². The van der Waals surface area contributed by atoms with Crippen molar-refractivity contribution in [1.29, 1.82) is 0 Å². The molecule has 0 saturated carbocycles. The van der Waals surface area contributed by atoms with Gasteiger partial charge in [0.25, 0.3) is 0 Å². The first-order valence-electron chi connectivity index (χ1n) is 5.16. The van der Waals surface area contributed by atoms with E-state index in [1.54, 1.807) is 24.3 Å². The molecule has 0 fully saturated rings. The van der Waals surface area contributed by atoms with Gasteiger partial charge in [0.2, 0.25) is 11.8 Å². The zero-order valence-corrected chi connectivity index (χ0v) is 10.3. The molecule has 18 heavy (non-hydrogen) atoms. The van der Waals surface area contributed by atoms with Gasteiger partial charge in [0, 0.05) is 0 Å². The zero-order chi connectivity index (χ0) is 13.4. The Hall–Kier alpha value is -1.79. The van der Waals surface area contributed by atoms with E-state index >= 15 is 0 Å². The summed E-state index contributed by atoms with van der Waals surface area (Å²) >= 11 is 5.86. The van der Waals surface area contributed by atoms with Crippen molar-refractivity contribution in [3.8, 4) is 5.75 Å². The summed E-state index contributed by atoms with van der Waals surface area (Å²) < 4.78 is 5.29. The van der Waals surface area contributed by atoms with Gasteiger partial charge in [0.05, 0.1) is 18.1 Å². The first-order chi connectivity index (χ1) is 8.59. The highest BCUT2D eigenvalue weighted by atomic mass is 35.5. The van der Waals surface area contributed by atoms with Crippen molar-refractivity contribution >= 4 is 23.4 Å². The molecule has 7 heteroatoms. The lowest BCUT2D eigenvalue weighted by atomic mass is 10.3. The lowest BCUT2D eigenvalue weighted by Gasteiger charge is -2.07. The third-order valence-electron chi connectivity index (χ3n) is 1.82. The predicted molar refractivity (Wildman–Crippen MR) is 64.9 cm³/mol. The molecule has 0 aliphatic carbocycles. The summed E-state index contributed by atoms with van der Waals surface area (Å²) in [4.78, 5) is 26.1. The van der Waals surface area contributed by atoms with Crippen LogP contribution in [0.25, 0.3) is 0 Å². The number of nitrogens with one attached hydrogen (secondary N) is 1. The van der Waals surface area contributed by atoms with Crippen LogP contribution in [0.4, 0.5) is 0 Å². The van der Waals surface area contributed by atoms with Gasteiger partial charge in [-0.25, -0.2) is 5.48 Å². The number of nitrogens with two attached hydrogens (primary N) is 1. The average molecular weight is 273 g/mol. The Morgan fingerprint density at radius 3 is 2.72 bits per heavy atom. The smallest absolute Gasteiger partial charge is 0.246 e. The monoisotopic (exact) mass is 272 g/mol. The van der Waals surface area contributed by atoms with Crippen LogP contribution in [0.5, 0.6) is 5.75 Å². The van der Waals surface area contributed by atoms with E-state index in [2.05, 4.69) is 10.3 Å². The summed E-state index contributed by atoms with van der Waals surface area (Å²) in [5, 5.41) is 0.475. The zero-order valence-electron chi connectivity index (χ0n) is 9.52. The van der Waals surface area contributed by atoms with Crippen LogP contribution >= 0.6 is 11.6 Å². The summed E-state index contributed by atoms with van der Waals surface area (Å²) in [5.74, 6) is -0.573. The number of para-hydroxylation sites is 1. The van der Waals surface area contributed by atoms with Crippen molar-refractivity contribution in [1.82, 2.24) is 5.48 Å². The largest absolute Gasteiger partial charge is 0.491 e. The minimum absolute atomic E-state index is 0.0734. The fraction of sp³-hybridized carbons (Fsp3) is 0.273. The first kappa shape index (κ1) is 14.3. The highest BCUT2D eigenvalue weighted by molar-refractivity contribution is 6.32. The number of benzene rings is 1. The van der Waals surface area contributed by atoms with Crippen molar-refractivity contribution in [3.63, 3.8) is 0 Å². The molecule has 0 heterocycles. The van der Waals surface area contributed by atoms with Crippen molar-refractivity contribution in [2.24, 2.45) is 5.73 Å². The molecule has 0 bridgehead atoms. The third kappa shape index (κ3) is 5.51. The second-order valence-electron chi connectivity index (χ2n) is 3.31. The summed E-state index contributed by atoms with van der Waals surface area (Å²) in [6.07, 6.45) is 0.0734. The van der Waals surface area contributed by atoms with Crippen LogP contribution in [0.2, 0.25) is 5.02 Å². The topological polar surface area (TPSA) is 90.7 Å². The average Bonchev–Trinajstić information content (AvgIpc) is 2.31. The summed E-state index contributed by atoms with van der Waals surface area (Å²) in [6, 6.07) is 6.94. The minimum atomic E-state index is -0.664. The van der Waals surface area contributed by atoms with Crippen molar-refractivity contribution in [2.45, 2.75) is 6.42 Å². The molecule has 0 aromatic heterocycles. The molecule has 0 unspecified atom stereocenters. The molecule has 2 amide bonds. The Balaban J connectivity index is 2.20. The Labute approximate surface area is 109 Å². The van der Waals surface area contributed by atoms with E-state index in [9.17, 15) is 9.59 Å². The van der Waals surface area contributed by atoms with Crippen LogP contribution in [-0.4, -0.2) is 25.0 Å². The normalized spacial score (nSPS) is 9.83. The van der Waals surface area contributed by atoms with E-state index in [1.165, 1.54) is 0 Å². The Morgan fingerprint density at radius 1 is 1.33 bits per heavy atom. The molecule has 1 aromatic carbocycles. The lowest BCUT2D eigenvalue weighted by Crippen LogP contribution is -2.30. The number of rotatable bonds is 7. The van der Waals surface area contributed by atoms with Crippen molar-refractivity contribution < 1.29 is 19.2 Å².